The summed E-state index contributed by atoms with van der Waals surface area (Å²) in [6.07, 6.45) is 0. The molecule has 0 aliphatic carbocycles. The highest BCUT2D eigenvalue weighted by atomic mass is 32.1. The van der Waals surface area contributed by atoms with E-state index in [1.165, 1.54) is 4.88 Å². The van der Waals surface area contributed by atoms with Gasteiger partial charge in [0, 0.05) is 10.4 Å². The quantitative estimate of drug-likeness (QED) is 0.677. The molecule has 0 bridgehead atoms. The van der Waals surface area contributed by atoms with E-state index in [4.69, 9.17) is 4.74 Å². The Morgan fingerprint density at radius 2 is 1.95 bits per heavy atom. The van der Waals surface area contributed by atoms with E-state index in [0.29, 0.717) is 12.2 Å². The molecule has 0 saturated heterocycles. The largest absolute Gasteiger partial charge is 0.494 e. The normalized spacial score (nSPS) is 11.3. The molecule has 0 aliphatic heterocycles. The molecule has 21 heavy (non-hydrogen) atoms. The van der Waals surface area contributed by atoms with E-state index in [9.17, 15) is 4.79 Å². The van der Waals surface area contributed by atoms with Crippen molar-refractivity contribution in [2.75, 3.05) is 6.61 Å². The van der Waals surface area contributed by atoms with Crippen molar-refractivity contribution >= 4 is 23.0 Å². The second-order valence-electron chi connectivity index (χ2n) is 4.51. The van der Waals surface area contributed by atoms with Crippen molar-refractivity contribution < 1.29 is 9.53 Å². The van der Waals surface area contributed by atoms with Crippen molar-refractivity contribution in [3.8, 4) is 5.75 Å². The minimum atomic E-state index is -0.231. The van der Waals surface area contributed by atoms with Crippen LogP contribution in [0.2, 0.25) is 0 Å². The summed E-state index contributed by atoms with van der Waals surface area (Å²) in [5, 5.41) is 4.14. The fourth-order valence-corrected chi connectivity index (χ4v) is 2.56. The zero-order chi connectivity index (χ0) is 15.2. The number of hydrogen-bond acceptors (Lipinski definition) is 4. The molecule has 0 spiro atoms. The molecule has 0 radical (unpaired) electrons. The van der Waals surface area contributed by atoms with Gasteiger partial charge < -0.3 is 4.74 Å². The number of nitrogens with one attached hydrogen (secondary N) is 1. The van der Waals surface area contributed by atoms with E-state index in [-0.39, 0.29) is 5.91 Å². The maximum absolute atomic E-state index is 12.0. The average molecular weight is 302 g/mol. The lowest BCUT2D eigenvalue weighted by Crippen LogP contribution is -2.19. The first kappa shape index (κ1) is 15.3. The second kappa shape index (κ2) is 7.04. The smallest absolute Gasteiger partial charge is 0.271 e. The highest BCUT2D eigenvalue weighted by Crippen LogP contribution is 2.16. The monoisotopic (exact) mass is 302 g/mol. The lowest BCUT2D eigenvalue weighted by molar-refractivity contribution is 0.0955. The van der Waals surface area contributed by atoms with Crippen LogP contribution >= 0.6 is 11.3 Å². The van der Waals surface area contributed by atoms with Gasteiger partial charge in [-0.1, -0.05) is 0 Å². The van der Waals surface area contributed by atoms with Gasteiger partial charge in [0.15, 0.2) is 0 Å². The summed E-state index contributed by atoms with van der Waals surface area (Å²) in [6.45, 7) is 6.45. The molecule has 0 aliphatic rings. The molecule has 2 aromatic rings. The Balaban J connectivity index is 2.00. The van der Waals surface area contributed by atoms with Crippen LogP contribution in [-0.2, 0) is 0 Å². The number of amides is 1. The van der Waals surface area contributed by atoms with Gasteiger partial charge in [0.05, 0.1) is 17.2 Å². The molecule has 110 valence electrons. The van der Waals surface area contributed by atoms with E-state index < -0.39 is 0 Å². The van der Waals surface area contributed by atoms with Crippen molar-refractivity contribution in [3.63, 3.8) is 0 Å². The molecule has 5 heteroatoms. The van der Waals surface area contributed by atoms with Crippen molar-refractivity contribution in [1.82, 2.24) is 5.43 Å². The Labute approximate surface area is 128 Å². The number of ether oxygens (including phenoxy) is 1. The Morgan fingerprint density at radius 1 is 1.24 bits per heavy atom. The summed E-state index contributed by atoms with van der Waals surface area (Å²) in [5.74, 6) is 0.522. The number of rotatable bonds is 5. The second-order valence-corrected chi connectivity index (χ2v) is 5.79. The summed E-state index contributed by atoms with van der Waals surface area (Å²) in [4.78, 5) is 14.3. The van der Waals surface area contributed by atoms with Gasteiger partial charge in [-0.15, -0.1) is 11.3 Å². The van der Waals surface area contributed by atoms with Gasteiger partial charge in [-0.05, 0) is 57.2 Å². The topological polar surface area (TPSA) is 50.7 Å². The van der Waals surface area contributed by atoms with E-state index in [0.717, 1.165) is 16.3 Å². The predicted octanol–water partition coefficient (Wildman–Crippen LogP) is 3.61. The van der Waals surface area contributed by atoms with Gasteiger partial charge in [0.25, 0.3) is 5.91 Å². The molecule has 0 saturated carbocycles. The number of carbonyl (C=O) groups excluding carboxylic acids is 1. The van der Waals surface area contributed by atoms with Crippen LogP contribution in [0, 0.1) is 6.92 Å². The fraction of sp³-hybridized carbons (Fsp3) is 0.250. The molecular weight excluding hydrogens is 284 g/mol. The molecule has 2 rings (SSSR count). The average Bonchev–Trinajstić information content (AvgIpc) is 2.92. The summed E-state index contributed by atoms with van der Waals surface area (Å²) in [6, 6.07) is 11.0. The predicted molar refractivity (Wildman–Crippen MR) is 86.3 cm³/mol. The fourth-order valence-electron chi connectivity index (χ4n) is 1.75. The summed E-state index contributed by atoms with van der Waals surface area (Å²) < 4.78 is 5.34. The summed E-state index contributed by atoms with van der Waals surface area (Å²) in [7, 11) is 0. The number of carbonyl (C=O) groups is 1. The maximum Gasteiger partial charge on any atom is 0.271 e. The molecule has 1 heterocycles. The van der Waals surface area contributed by atoms with E-state index in [1.807, 2.05) is 32.9 Å². The molecule has 0 unspecified atom stereocenters. The van der Waals surface area contributed by atoms with Crippen LogP contribution in [-0.4, -0.2) is 18.2 Å². The minimum absolute atomic E-state index is 0.231. The zero-order valence-electron chi connectivity index (χ0n) is 12.3. The maximum atomic E-state index is 12.0. The Kier molecular flexibility index (Phi) is 5.11. The van der Waals surface area contributed by atoms with Crippen molar-refractivity contribution in [3.05, 3.63) is 51.7 Å². The number of aryl methyl sites for hydroxylation is 1. The Hall–Kier alpha value is -2.14. The third-order valence-corrected chi connectivity index (χ3v) is 3.96. The van der Waals surface area contributed by atoms with Gasteiger partial charge in [0.1, 0.15) is 5.75 Å². The lowest BCUT2D eigenvalue weighted by Gasteiger charge is -2.04. The minimum Gasteiger partial charge on any atom is -0.494 e. The molecule has 1 aromatic heterocycles. The Bertz CT molecular complexity index is 645. The summed E-state index contributed by atoms with van der Waals surface area (Å²) >= 11 is 1.65. The van der Waals surface area contributed by atoms with Crippen LogP contribution in [0.15, 0.2) is 41.5 Å². The third-order valence-electron chi connectivity index (χ3n) is 2.85. The highest BCUT2D eigenvalue weighted by molar-refractivity contribution is 7.14. The van der Waals surface area contributed by atoms with E-state index >= 15 is 0 Å². The van der Waals surface area contributed by atoms with Crippen molar-refractivity contribution in [1.29, 1.82) is 0 Å². The number of hydrogen-bond donors (Lipinski definition) is 1. The van der Waals surface area contributed by atoms with E-state index in [1.54, 1.807) is 35.6 Å². The van der Waals surface area contributed by atoms with Gasteiger partial charge in [-0.2, -0.15) is 5.10 Å². The van der Waals surface area contributed by atoms with Gasteiger partial charge >= 0.3 is 0 Å². The van der Waals surface area contributed by atoms with Crippen molar-refractivity contribution in [2.45, 2.75) is 20.8 Å². The lowest BCUT2D eigenvalue weighted by atomic mass is 10.2. The SMILES string of the molecule is CCOc1ccc(C(=O)N/N=C(/C)c2ccc(C)s2)cc1. The van der Waals surface area contributed by atoms with Crippen LogP contribution in [0.1, 0.15) is 34.0 Å². The molecule has 1 N–H and O–H groups in total. The number of thiophene rings is 1. The van der Waals surface area contributed by atoms with Crippen LogP contribution in [0.25, 0.3) is 0 Å². The third kappa shape index (κ3) is 4.16. The van der Waals surface area contributed by atoms with Crippen LogP contribution < -0.4 is 10.2 Å². The number of benzene rings is 1. The molecule has 1 amide bonds. The molecule has 0 fully saturated rings. The molecule has 0 atom stereocenters. The van der Waals surface area contributed by atoms with Crippen LogP contribution in [0.3, 0.4) is 0 Å². The molecule has 1 aromatic carbocycles. The molecular formula is C16H18N2O2S. The van der Waals surface area contributed by atoms with Gasteiger partial charge in [-0.25, -0.2) is 5.43 Å². The first-order chi connectivity index (χ1) is 10.1. The first-order valence-corrected chi connectivity index (χ1v) is 7.56. The van der Waals surface area contributed by atoms with Gasteiger partial charge in [-0.3, -0.25) is 4.79 Å². The summed E-state index contributed by atoms with van der Waals surface area (Å²) in [5.41, 5.74) is 3.92. The van der Waals surface area contributed by atoms with Crippen LogP contribution in [0.5, 0.6) is 5.75 Å². The number of nitrogens with zero attached hydrogens (tertiary/aromatic N) is 1. The highest BCUT2D eigenvalue weighted by Gasteiger charge is 2.06. The Morgan fingerprint density at radius 3 is 2.52 bits per heavy atom. The van der Waals surface area contributed by atoms with Gasteiger partial charge in [0.2, 0.25) is 0 Å². The number of hydrazone groups is 1. The van der Waals surface area contributed by atoms with Crippen LogP contribution in [0.4, 0.5) is 0 Å². The zero-order valence-corrected chi connectivity index (χ0v) is 13.2. The molecule has 4 nitrogen and oxygen atoms in total. The van der Waals surface area contributed by atoms with E-state index in [2.05, 4.69) is 10.5 Å². The van der Waals surface area contributed by atoms with Crippen molar-refractivity contribution in [2.24, 2.45) is 5.10 Å². The first-order valence-electron chi connectivity index (χ1n) is 6.74. The standard InChI is InChI=1S/C16H18N2O2S/c1-4-20-14-8-6-13(7-9-14)16(19)18-17-12(3)15-10-5-11(2)21-15/h5-10H,4H2,1-3H3,(H,18,19)/b17-12-.